The maximum absolute atomic E-state index is 12.7. The summed E-state index contributed by atoms with van der Waals surface area (Å²) in [5.41, 5.74) is 0.0917. The van der Waals surface area contributed by atoms with E-state index >= 15 is 0 Å². The van der Waals surface area contributed by atoms with Crippen LogP contribution in [0.15, 0.2) is 23.5 Å². The zero-order valence-corrected chi connectivity index (χ0v) is 14.7. The molecule has 1 saturated heterocycles. The Morgan fingerprint density at radius 2 is 2.28 bits per heavy atom. The Kier molecular flexibility index (Phi) is 4.47. The Morgan fingerprint density at radius 1 is 1.60 bits per heavy atom. The molecule has 1 fully saturated rings. The number of halogens is 3. The molecule has 5 atom stereocenters. The summed E-state index contributed by atoms with van der Waals surface area (Å²) < 4.78 is 29.8. The summed E-state index contributed by atoms with van der Waals surface area (Å²) in [6.07, 6.45) is 2.24. The molecule has 4 unspecified atom stereocenters. The molecule has 0 aromatic heterocycles. The highest BCUT2D eigenvalue weighted by molar-refractivity contribution is 6.66. The molecule has 8 heteroatoms. The van der Waals surface area contributed by atoms with E-state index in [1.165, 1.54) is 6.21 Å². The van der Waals surface area contributed by atoms with Gasteiger partial charge in [0.25, 0.3) is 6.43 Å². The van der Waals surface area contributed by atoms with E-state index in [4.69, 9.17) is 27.2 Å². The highest BCUT2D eigenvalue weighted by Crippen LogP contribution is 2.51. The maximum Gasteiger partial charge on any atom is 0.272 e. The van der Waals surface area contributed by atoms with Gasteiger partial charge in [0.2, 0.25) is 5.91 Å². The van der Waals surface area contributed by atoms with Gasteiger partial charge in [-0.1, -0.05) is 23.8 Å². The van der Waals surface area contributed by atoms with E-state index in [0.29, 0.717) is 12.3 Å². The number of amides is 1. The van der Waals surface area contributed by atoms with Crippen molar-refractivity contribution in [1.82, 2.24) is 4.90 Å². The van der Waals surface area contributed by atoms with Crippen LogP contribution in [0.4, 0.5) is 8.78 Å². The quantitative estimate of drug-likeness (QED) is 0.508. The SMILES string of the molecule is CC1=C(OCC(F)F)[C@@H]1C(C=N)C(C)N1CC2(C(=N)Cl)C=CC2C1=O. The van der Waals surface area contributed by atoms with Crippen LogP contribution in [-0.2, 0) is 9.53 Å². The summed E-state index contributed by atoms with van der Waals surface area (Å²) in [6.45, 7) is 3.27. The summed E-state index contributed by atoms with van der Waals surface area (Å²) in [6, 6.07) is -0.321. The molecule has 1 aliphatic heterocycles. The summed E-state index contributed by atoms with van der Waals surface area (Å²) in [5.74, 6) is -0.615. The predicted octanol–water partition coefficient (Wildman–Crippen LogP) is 3.06. The molecule has 25 heavy (non-hydrogen) atoms. The van der Waals surface area contributed by atoms with Crippen molar-refractivity contribution in [2.75, 3.05) is 13.2 Å². The van der Waals surface area contributed by atoms with E-state index < -0.39 is 24.4 Å². The highest BCUT2D eigenvalue weighted by atomic mass is 35.5. The van der Waals surface area contributed by atoms with Crippen molar-refractivity contribution in [3.05, 3.63) is 23.5 Å². The van der Waals surface area contributed by atoms with Gasteiger partial charge >= 0.3 is 0 Å². The topological polar surface area (TPSA) is 77.2 Å². The summed E-state index contributed by atoms with van der Waals surface area (Å²) in [7, 11) is 0. The number of alkyl halides is 2. The Balaban J connectivity index is 1.70. The van der Waals surface area contributed by atoms with Gasteiger partial charge in [-0.15, -0.1) is 0 Å². The minimum Gasteiger partial charge on any atom is -0.491 e. The smallest absolute Gasteiger partial charge is 0.272 e. The Hall–Kier alpha value is -1.76. The fourth-order valence-electron chi connectivity index (χ4n) is 3.91. The standard InChI is InChI=1S/C17H20ClF2N3O2/c1-8-13(14(8)25-6-12(19)20)10(5-21)9(2)23-7-17(16(18)22)4-3-11(17)15(23)24/h3-5,9-13,21-22H,6-7H2,1-2H3/t9?,10?,11?,13-,17?/m0/s1. The molecule has 3 aliphatic rings. The molecule has 0 aromatic carbocycles. The molecule has 2 N–H and O–H groups in total. The van der Waals surface area contributed by atoms with Crippen molar-refractivity contribution in [2.24, 2.45) is 23.2 Å². The average Bonchev–Trinajstić information content (AvgIpc) is 3.08. The van der Waals surface area contributed by atoms with Crippen LogP contribution in [0.5, 0.6) is 0 Å². The molecule has 1 amide bonds. The maximum atomic E-state index is 12.7. The Bertz CT molecular complexity index is 693. The molecule has 5 nitrogen and oxygen atoms in total. The lowest BCUT2D eigenvalue weighted by molar-refractivity contribution is -0.132. The Labute approximate surface area is 149 Å². The molecule has 2 aliphatic carbocycles. The Morgan fingerprint density at radius 3 is 2.72 bits per heavy atom. The van der Waals surface area contributed by atoms with Gasteiger partial charge in [-0.3, -0.25) is 10.2 Å². The van der Waals surface area contributed by atoms with E-state index in [9.17, 15) is 13.6 Å². The number of rotatable bonds is 8. The van der Waals surface area contributed by atoms with Crippen molar-refractivity contribution in [1.29, 1.82) is 10.8 Å². The summed E-state index contributed by atoms with van der Waals surface area (Å²) >= 11 is 5.92. The lowest BCUT2D eigenvalue weighted by Gasteiger charge is -2.34. The molecule has 0 saturated carbocycles. The molecule has 136 valence electrons. The van der Waals surface area contributed by atoms with Crippen LogP contribution < -0.4 is 0 Å². The van der Waals surface area contributed by atoms with Crippen LogP contribution in [0.2, 0.25) is 0 Å². The third kappa shape index (κ3) is 2.69. The van der Waals surface area contributed by atoms with Gasteiger partial charge in [0.1, 0.15) is 17.5 Å². The van der Waals surface area contributed by atoms with E-state index in [0.717, 1.165) is 5.57 Å². The average molecular weight is 372 g/mol. The fourth-order valence-corrected chi connectivity index (χ4v) is 4.15. The molecule has 1 heterocycles. The number of nitrogens with one attached hydrogen (secondary N) is 2. The van der Waals surface area contributed by atoms with Crippen LogP contribution in [0.1, 0.15) is 13.8 Å². The predicted molar refractivity (Wildman–Crippen MR) is 90.2 cm³/mol. The van der Waals surface area contributed by atoms with Gasteiger partial charge in [-0.05, 0) is 19.4 Å². The fraction of sp³-hybridized carbons (Fsp3) is 0.588. The minimum atomic E-state index is -2.55. The first-order chi connectivity index (χ1) is 11.7. The van der Waals surface area contributed by atoms with Gasteiger partial charge < -0.3 is 15.0 Å². The van der Waals surface area contributed by atoms with E-state index in [-0.39, 0.29) is 29.0 Å². The number of hydrogen-bond acceptors (Lipinski definition) is 4. The monoisotopic (exact) mass is 371 g/mol. The number of allylic oxidation sites excluding steroid dienone is 2. The first kappa shape index (κ1) is 18.0. The van der Waals surface area contributed by atoms with E-state index in [2.05, 4.69) is 0 Å². The largest absolute Gasteiger partial charge is 0.491 e. The second-order valence-electron chi connectivity index (χ2n) is 6.87. The van der Waals surface area contributed by atoms with Gasteiger partial charge in [0.15, 0.2) is 0 Å². The van der Waals surface area contributed by atoms with Gasteiger partial charge in [0.05, 0.1) is 17.3 Å². The highest BCUT2D eigenvalue weighted by Gasteiger charge is 2.59. The van der Waals surface area contributed by atoms with E-state index in [1.54, 1.807) is 24.0 Å². The zero-order chi connectivity index (χ0) is 18.5. The second kappa shape index (κ2) is 6.20. The third-order valence-electron chi connectivity index (χ3n) is 5.58. The van der Waals surface area contributed by atoms with Gasteiger partial charge in [0, 0.05) is 24.7 Å². The first-order valence-corrected chi connectivity index (χ1v) is 8.49. The van der Waals surface area contributed by atoms with Gasteiger partial charge in [-0.2, -0.15) is 0 Å². The molecule has 0 bridgehead atoms. The van der Waals surface area contributed by atoms with Crippen molar-refractivity contribution in [2.45, 2.75) is 26.3 Å². The minimum absolute atomic E-state index is 0.0591. The molecule has 3 rings (SSSR count). The van der Waals surface area contributed by atoms with Crippen LogP contribution in [0, 0.1) is 34.0 Å². The second-order valence-corrected chi connectivity index (χ2v) is 7.25. The van der Waals surface area contributed by atoms with Crippen LogP contribution in [0.3, 0.4) is 0 Å². The van der Waals surface area contributed by atoms with Gasteiger partial charge in [-0.25, -0.2) is 8.78 Å². The number of fused-ring (bicyclic) bond motifs is 1. The number of carbonyl (C=O) groups excluding carboxylic acids is 1. The molecule has 0 spiro atoms. The number of nitrogens with zero attached hydrogens (tertiary/aromatic N) is 1. The van der Waals surface area contributed by atoms with Crippen molar-refractivity contribution < 1.29 is 18.3 Å². The number of carbonyl (C=O) groups is 1. The number of ether oxygens (including phenoxy) is 1. The number of hydrogen-bond donors (Lipinski definition) is 2. The lowest BCUT2D eigenvalue weighted by Crippen LogP contribution is -2.43. The van der Waals surface area contributed by atoms with Crippen molar-refractivity contribution in [3.8, 4) is 0 Å². The normalized spacial score (nSPS) is 32.4. The lowest BCUT2D eigenvalue weighted by atomic mass is 9.70. The third-order valence-corrected chi connectivity index (χ3v) is 5.93. The van der Waals surface area contributed by atoms with Crippen LogP contribution >= 0.6 is 11.6 Å². The first-order valence-electron chi connectivity index (χ1n) is 8.11. The summed E-state index contributed by atoms with van der Waals surface area (Å²) in [5, 5.41) is 15.5. The molecule has 0 radical (unpaired) electrons. The van der Waals surface area contributed by atoms with Crippen LogP contribution in [-0.4, -0.2) is 47.8 Å². The molecular formula is C17H20ClF2N3O2. The van der Waals surface area contributed by atoms with Crippen molar-refractivity contribution in [3.63, 3.8) is 0 Å². The number of likely N-dealkylation sites (tertiary alicyclic amines) is 1. The zero-order valence-electron chi connectivity index (χ0n) is 13.9. The van der Waals surface area contributed by atoms with Crippen LogP contribution in [0.25, 0.3) is 0 Å². The summed E-state index contributed by atoms with van der Waals surface area (Å²) in [4.78, 5) is 14.3. The van der Waals surface area contributed by atoms with Crippen molar-refractivity contribution >= 4 is 28.9 Å². The van der Waals surface area contributed by atoms with E-state index in [1.807, 2.05) is 6.92 Å². The molecule has 0 aromatic rings. The molecular weight excluding hydrogens is 352 g/mol.